The summed E-state index contributed by atoms with van der Waals surface area (Å²) in [6.07, 6.45) is 3.81. The van der Waals surface area contributed by atoms with Crippen molar-refractivity contribution in [1.82, 2.24) is 5.32 Å². The van der Waals surface area contributed by atoms with Crippen LogP contribution in [0.15, 0.2) is 0 Å². The predicted molar refractivity (Wildman–Crippen MR) is 77.7 cm³/mol. The average Bonchev–Trinajstić information content (AvgIpc) is 2.32. The molecule has 0 saturated heterocycles. The first-order valence-corrected chi connectivity index (χ1v) is 8.16. The molecule has 0 heterocycles. The highest BCUT2D eigenvalue weighted by atomic mass is 32.2. The molecule has 1 amide bonds. The maximum absolute atomic E-state index is 12.1. The standard InChI is InChI=1S/C14H27NO2S/c1-4-18-13(10(2)3)14(17)15-9-11-6-5-7-12(16)8-11/h10-13,16H,4-9H2,1-3H3,(H,15,17). The summed E-state index contributed by atoms with van der Waals surface area (Å²) in [6, 6.07) is 0. The fourth-order valence-electron chi connectivity index (χ4n) is 2.54. The predicted octanol–water partition coefficient (Wildman–Crippen LogP) is 2.43. The van der Waals surface area contributed by atoms with Crippen LogP contribution in [0.3, 0.4) is 0 Å². The van der Waals surface area contributed by atoms with Gasteiger partial charge in [0.1, 0.15) is 0 Å². The van der Waals surface area contributed by atoms with Crippen LogP contribution < -0.4 is 5.32 Å². The Balaban J connectivity index is 2.34. The van der Waals surface area contributed by atoms with Crippen molar-refractivity contribution in [3.05, 3.63) is 0 Å². The number of rotatable bonds is 6. The summed E-state index contributed by atoms with van der Waals surface area (Å²) in [5.41, 5.74) is 0. The molecule has 3 nitrogen and oxygen atoms in total. The van der Waals surface area contributed by atoms with Crippen LogP contribution >= 0.6 is 11.8 Å². The molecule has 1 rings (SSSR count). The van der Waals surface area contributed by atoms with E-state index in [1.165, 1.54) is 0 Å². The molecule has 4 heteroatoms. The van der Waals surface area contributed by atoms with Crippen molar-refractivity contribution in [2.24, 2.45) is 11.8 Å². The maximum atomic E-state index is 12.1. The van der Waals surface area contributed by atoms with E-state index in [0.29, 0.717) is 11.8 Å². The van der Waals surface area contributed by atoms with Crippen LogP contribution in [0.2, 0.25) is 0 Å². The summed E-state index contributed by atoms with van der Waals surface area (Å²) < 4.78 is 0. The van der Waals surface area contributed by atoms with Gasteiger partial charge in [-0.25, -0.2) is 0 Å². The Morgan fingerprint density at radius 3 is 2.72 bits per heavy atom. The Morgan fingerprint density at radius 2 is 2.17 bits per heavy atom. The van der Waals surface area contributed by atoms with Gasteiger partial charge >= 0.3 is 0 Å². The first kappa shape index (κ1) is 15.8. The molecule has 3 unspecified atom stereocenters. The van der Waals surface area contributed by atoms with Gasteiger partial charge in [-0.3, -0.25) is 4.79 Å². The van der Waals surface area contributed by atoms with Crippen LogP contribution in [0.1, 0.15) is 46.5 Å². The molecule has 3 atom stereocenters. The SMILES string of the molecule is CCSC(C(=O)NCC1CCCC(O)C1)C(C)C. The number of hydrogen-bond acceptors (Lipinski definition) is 3. The lowest BCUT2D eigenvalue weighted by Gasteiger charge is -2.27. The Labute approximate surface area is 115 Å². The van der Waals surface area contributed by atoms with Crippen molar-refractivity contribution < 1.29 is 9.90 Å². The third-order valence-corrected chi connectivity index (χ3v) is 4.98. The normalized spacial score (nSPS) is 26.1. The highest BCUT2D eigenvalue weighted by molar-refractivity contribution is 8.00. The number of hydrogen-bond donors (Lipinski definition) is 2. The summed E-state index contributed by atoms with van der Waals surface area (Å²) >= 11 is 1.72. The van der Waals surface area contributed by atoms with Crippen molar-refractivity contribution in [1.29, 1.82) is 0 Å². The lowest BCUT2D eigenvalue weighted by atomic mass is 9.87. The maximum Gasteiger partial charge on any atom is 0.233 e. The highest BCUT2D eigenvalue weighted by Crippen LogP contribution is 2.24. The molecule has 1 aliphatic rings. The molecule has 0 bridgehead atoms. The molecule has 0 aliphatic heterocycles. The average molecular weight is 273 g/mol. The minimum atomic E-state index is -0.161. The third-order valence-electron chi connectivity index (χ3n) is 3.53. The number of carbonyl (C=O) groups is 1. The van der Waals surface area contributed by atoms with Crippen molar-refractivity contribution >= 4 is 17.7 Å². The summed E-state index contributed by atoms with van der Waals surface area (Å²) in [5, 5.41) is 12.7. The third kappa shape index (κ3) is 5.19. The molecule has 1 aliphatic carbocycles. The van der Waals surface area contributed by atoms with Gasteiger partial charge in [0.15, 0.2) is 0 Å². The van der Waals surface area contributed by atoms with Crippen molar-refractivity contribution in [3.8, 4) is 0 Å². The lowest BCUT2D eigenvalue weighted by molar-refractivity contribution is -0.121. The van der Waals surface area contributed by atoms with Crippen LogP contribution in [0.25, 0.3) is 0 Å². The lowest BCUT2D eigenvalue weighted by Crippen LogP contribution is -2.39. The Morgan fingerprint density at radius 1 is 1.44 bits per heavy atom. The minimum Gasteiger partial charge on any atom is -0.393 e. The molecular formula is C14H27NO2S. The molecule has 0 aromatic heterocycles. The zero-order valence-electron chi connectivity index (χ0n) is 11.8. The van der Waals surface area contributed by atoms with Crippen LogP contribution in [-0.4, -0.2) is 34.7 Å². The quantitative estimate of drug-likeness (QED) is 0.781. The second-order valence-corrected chi connectivity index (χ2v) is 6.97. The van der Waals surface area contributed by atoms with Gasteiger partial charge in [-0.1, -0.05) is 27.2 Å². The van der Waals surface area contributed by atoms with Gasteiger partial charge in [0.2, 0.25) is 5.91 Å². The number of nitrogens with one attached hydrogen (secondary N) is 1. The van der Waals surface area contributed by atoms with Gasteiger partial charge in [0, 0.05) is 6.54 Å². The largest absolute Gasteiger partial charge is 0.393 e. The smallest absolute Gasteiger partial charge is 0.233 e. The van der Waals surface area contributed by atoms with Crippen LogP contribution in [-0.2, 0) is 4.79 Å². The summed E-state index contributed by atoms with van der Waals surface area (Å²) in [4.78, 5) is 12.1. The second-order valence-electron chi connectivity index (χ2n) is 5.55. The van der Waals surface area contributed by atoms with E-state index in [9.17, 15) is 9.90 Å². The Kier molecular flexibility index (Phi) is 7.08. The van der Waals surface area contributed by atoms with E-state index in [4.69, 9.17) is 0 Å². The first-order chi connectivity index (χ1) is 8.54. The molecular weight excluding hydrogens is 246 g/mol. The van der Waals surface area contributed by atoms with E-state index < -0.39 is 0 Å². The molecule has 0 radical (unpaired) electrons. The molecule has 2 N–H and O–H groups in total. The molecule has 0 spiro atoms. The number of thioether (sulfide) groups is 1. The zero-order valence-corrected chi connectivity index (χ0v) is 12.6. The molecule has 1 fully saturated rings. The molecule has 0 aromatic rings. The topological polar surface area (TPSA) is 49.3 Å². The Bertz CT molecular complexity index is 258. The monoisotopic (exact) mass is 273 g/mol. The minimum absolute atomic E-state index is 0.0588. The van der Waals surface area contributed by atoms with E-state index in [-0.39, 0.29) is 17.3 Å². The zero-order chi connectivity index (χ0) is 13.5. The van der Waals surface area contributed by atoms with Gasteiger partial charge in [0.25, 0.3) is 0 Å². The fourth-order valence-corrected chi connectivity index (χ4v) is 3.52. The van der Waals surface area contributed by atoms with Crippen LogP contribution in [0, 0.1) is 11.8 Å². The number of amides is 1. The molecule has 1 saturated carbocycles. The van der Waals surface area contributed by atoms with Gasteiger partial charge < -0.3 is 10.4 Å². The van der Waals surface area contributed by atoms with Gasteiger partial charge in [-0.15, -0.1) is 11.8 Å². The first-order valence-electron chi connectivity index (χ1n) is 7.12. The van der Waals surface area contributed by atoms with Crippen molar-refractivity contribution in [2.45, 2.75) is 57.8 Å². The van der Waals surface area contributed by atoms with Gasteiger partial charge in [-0.2, -0.15) is 0 Å². The summed E-state index contributed by atoms with van der Waals surface area (Å²) in [7, 11) is 0. The van der Waals surface area contributed by atoms with E-state index in [1.807, 2.05) is 0 Å². The molecule has 106 valence electrons. The fraction of sp³-hybridized carbons (Fsp3) is 0.929. The summed E-state index contributed by atoms with van der Waals surface area (Å²) in [6.45, 7) is 7.00. The van der Waals surface area contributed by atoms with E-state index in [2.05, 4.69) is 26.1 Å². The van der Waals surface area contributed by atoms with Gasteiger partial charge in [0.05, 0.1) is 11.4 Å². The van der Waals surface area contributed by atoms with Crippen LogP contribution in [0.4, 0.5) is 0 Å². The number of aliphatic hydroxyl groups is 1. The van der Waals surface area contributed by atoms with Crippen molar-refractivity contribution in [2.75, 3.05) is 12.3 Å². The number of aliphatic hydroxyl groups excluding tert-OH is 1. The van der Waals surface area contributed by atoms with Crippen LogP contribution in [0.5, 0.6) is 0 Å². The Hall–Kier alpha value is -0.220. The highest BCUT2D eigenvalue weighted by Gasteiger charge is 2.24. The number of carbonyl (C=O) groups excluding carboxylic acids is 1. The van der Waals surface area contributed by atoms with E-state index in [1.54, 1.807) is 11.8 Å². The van der Waals surface area contributed by atoms with E-state index >= 15 is 0 Å². The van der Waals surface area contributed by atoms with Gasteiger partial charge in [-0.05, 0) is 36.9 Å². The molecule has 18 heavy (non-hydrogen) atoms. The second kappa shape index (κ2) is 8.05. The van der Waals surface area contributed by atoms with E-state index in [0.717, 1.165) is 38.0 Å². The summed E-state index contributed by atoms with van der Waals surface area (Å²) in [5.74, 6) is 1.96. The van der Waals surface area contributed by atoms with Crippen molar-refractivity contribution in [3.63, 3.8) is 0 Å². The molecule has 0 aromatic carbocycles.